The standard InChI is InChI=1S/C13H12F2O4/c1-3-19-13(18)12(17)6-11(16)8-5-9(14)7(2)4-10(8)15/h4-5H,3,6H2,1-2H3. The Morgan fingerprint density at radius 2 is 1.79 bits per heavy atom. The smallest absolute Gasteiger partial charge is 0.375 e. The predicted octanol–water partition coefficient (Wildman–Crippen LogP) is 1.98. The van der Waals surface area contributed by atoms with Crippen LogP contribution in [0.1, 0.15) is 29.3 Å². The zero-order valence-corrected chi connectivity index (χ0v) is 10.5. The maximum Gasteiger partial charge on any atom is 0.375 e. The van der Waals surface area contributed by atoms with Crippen molar-refractivity contribution < 1.29 is 27.9 Å². The van der Waals surface area contributed by atoms with Crippen molar-refractivity contribution in [2.45, 2.75) is 20.3 Å². The van der Waals surface area contributed by atoms with Crippen LogP contribution in [0.4, 0.5) is 8.78 Å². The largest absolute Gasteiger partial charge is 0.460 e. The highest BCUT2D eigenvalue weighted by molar-refractivity contribution is 6.38. The Morgan fingerprint density at radius 3 is 2.37 bits per heavy atom. The van der Waals surface area contributed by atoms with E-state index in [9.17, 15) is 23.2 Å². The first kappa shape index (κ1) is 14.9. The molecule has 0 amide bonds. The fraction of sp³-hybridized carbons (Fsp3) is 0.308. The molecule has 1 aromatic rings. The van der Waals surface area contributed by atoms with Gasteiger partial charge in [-0.3, -0.25) is 9.59 Å². The molecular weight excluding hydrogens is 258 g/mol. The molecule has 0 radical (unpaired) electrons. The summed E-state index contributed by atoms with van der Waals surface area (Å²) < 4.78 is 31.1. The molecule has 0 fully saturated rings. The van der Waals surface area contributed by atoms with Gasteiger partial charge in [0.1, 0.15) is 11.6 Å². The summed E-state index contributed by atoms with van der Waals surface area (Å²) >= 11 is 0. The van der Waals surface area contributed by atoms with Crippen LogP contribution in [0.15, 0.2) is 12.1 Å². The highest BCUT2D eigenvalue weighted by Gasteiger charge is 2.22. The summed E-state index contributed by atoms with van der Waals surface area (Å²) in [6.45, 7) is 2.84. The van der Waals surface area contributed by atoms with Crippen LogP contribution in [0.5, 0.6) is 0 Å². The molecule has 0 aromatic heterocycles. The van der Waals surface area contributed by atoms with Crippen LogP contribution in [-0.2, 0) is 14.3 Å². The van der Waals surface area contributed by atoms with Gasteiger partial charge in [-0.1, -0.05) is 0 Å². The minimum Gasteiger partial charge on any atom is -0.460 e. The highest BCUT2D eigenvalue weighted by atomic mass is 19.1. The topological polar surface area (TPSA) is 60.4 Å². The van der Waals surface area contributed by atoms with Crippen molar-refractivity contribution in [3.05, 3.63) is 34.9 Å². The minimum atomic E-state index is -1.16. The number of hydrogen-bond acceptors (Lipinski definition) is 4. The fourth-order valence-corrected chi connectivity index (χ4v) is 1.38. The number of Topliss-reactive ketones (excluding diaryl/α,β-unsaturated/α-hetero) is 2. The van der Waals surface area contributed by atoms with E-state index in [0.717, 1.165) is 6.07 Å². The van der Waals surface area contributed by atoms with Crippen molar-refractivity contribution in [2.75, 3.05) is 6.61 Å². The molecule has 0 aliphatic heterocycles. The summed E-state index contributed by atoms with van der Waals surface area (Å²) in [5.74, 6) is -4.90. The number of carbonyl (C=O) groups is 3. The van der Waals surface area contributed by atoms with Crippen molar-refractivity contribution in [3.8, 4) is 0 Å². The van der Waals surface area contributed by atoms with E-state index >= 15 is 0 Å². The van der Waals surface area contributed by atoms with Crippen LogP contribution >= 0.6 is 0 Å². The molecule has 1 rings (SSSR count). The maximum atomic E-state index is 13.5. The Labute approximate surface area is 108 Å². The van der Waals surface area contributed by atoms with E-state index in [-0.39, 0.29) is 12.2 Å². The fourth-order valence-electron chi connectivity index (χ4n) is 1.38. The van der Waals surface area contributed by atoms with Crippen LogP contribution in [0.2, 0.25) is 0 Å². The number of hydrogen-bond donors (Lipinski definition) is 0. The van der Waals surface area contributed by atoms with Gasteiger partial charge in [0.15, 0.2) is 5.78 Å². The molecule has 0 aliphatic rings. The molecule has 19 heavy (non-hydrogen) atoms. The van der Waals surface area contributed by atoms with Gasteiger partial charge >= 0.3 is 5.97 Å². The minimum absolute atomic E-state index is 0.00765. The molecule has 102 valence electrons. The van der Waals surface area contributed by atoms with Gasteiger partial charge in [0.25, 0.3) is 0 Å². The van der Waals surface area contributed by atoms with E-state index in [1.165, 1.54) is 13.8 Å². The van der Waals surface area contributed by atoms with Crippen LogP contribution in [-0.4, -0.2) is 24.1 Å². The molecular formula is C13H12F2O4. The van der Waals surface area contributed by atoms with Gasteiger partial charge in [-0.05, 0) is 31.5 Å². The first-order chi connectivity index (χ1) is 8.86. The van der Waals surface area contributed by atoms with Crippen molar-refractivity contribution in [1.82, 2.24) is 0 Å². The molecule has 0 bridgehead atoms. The summed E-state index contributed by atoms with van der Waals surface area (Å²) in [6, 6.07) is 1.57. The molecule has 0 N–H and O–H groups in total. The number of benzene rings is 1. The molecule has 6 heteroatoms. The summed E-state index contributed by atoms with van der Waals surface area (Å²) in [4.78, 5) is 33.9. The van der Waals surface area contributed by atoms with Gasteiger partial charge in [0.2, 0.25) is 5.78 Å². The van der Waals surface area contributed by atoms with Crippen molar-refractivity contribution >= 4 is 17.5 Å². The second-order valence-corrected chi connectivity index (χ2v) is 3.82. The van der Waals surface area contributed by atoms with Crippen LogP contribution in [0.25, 0.3) is 0 Å². The number of ether oxygens (including phenoxy) is 1. The van der Waals surface area contributed by atoms with Crippen molar-refractivity contribution in [3.63, 3.8) is 0 Å². The zero-order valence-electron chi connectivity index (χ0n) is 10.5. The van der Waals surface area contributed by atoms with E-state index in [2.05, 4.69) is 4.74 Å². The van der Waals surface area contributed by atoms with Gasteiger partial charge < -0.3 is 4.74 Å². The van der Waals surface area contributed by atoms with Crippen LogP contribution in [0, 0.1) is 18.6 Å². The van der Waals surface area contributed by atoms with Crippen LogP contribution < -0.4 is 0 Å². The molecule has 0 atom stereocenters. The Kier molecular flexibility index (Phi) is 4.86. The lowest BCUT2D eigenvalue weighted by Crippen LogP contribution is -2.21. The molecule has 4 nitrogen and oxygen atoms in total. The Bertz CT molecular complexity index is 538. The van der Waals surface area contributed by atoms with Gasteiger partial charge in [0.05, 0.1) is 18.6 Å². The lowest BCUT2D eigenvalue weighted by molar-refractivity contribution is -0.153. The second-order valence-electron chi connectivity index (χ2n) is 3.82. The number of ketones is 2. The maximum absolute atomic E-state index is 13.5. The van der Waals surface area contributed by atoms with E-state index in [1.807, 2.05) is 0 Å². The Morgan fingerprint density at radius 1 is 1.16 bits per heavy atom. The third-order valence-electron chi connectivity index (χ3n) is 2.37. The number of aryl methyl sites for hydroxylation is 1. The number of halogens is 2. The highest BCUT2D eigenvalue weighted by Crippen LogP contribution is 2.16. The zero-order chi connectivity index (χ0) is 14.6. The molecule has 0 unspecified atom stereocenters. The van der Waals surface area contributed by atoms with Gasteiger partial charge in [-0.25, -0.2) is 13.6 Å². The lowest BCUT2D eigenvalue weighted by Gasteiger charge is -2.04. The summed E-state index contributed by atoms with van der Waals surface area (Å²) in [5.41, 5.74) is -0.508. The number of carbonyl (C=O) groups excluding carboxylic acids is 3. The van der Waals surface area contributed by atoms with E-state index in [1.54, 1.807) is 0 Å². The summed E-state index contributed by atoms with van der Waals surface area (Å²) in [5, 5.41) is 0. The third-order valence-corrected chi connectivity index (χ3v) is 2.37. The first-order valence-electron chi connectivity index (χ1n) is 5.55. The van der Waals surface area contributed by atoms with Gasteiger partial charge in [0, 0.05) is 0 Å². The monoisotopic (exact) mass is 270 g/mol. The van der Waals surface area contributed by atoms with Crippen LogP contribution in [0.3, 0.4) is 0 Å². The second kappa shape index (κ2) is 6.17. The SMILES string of the molecule is CCOC(=O)C(=O)CC(=O)c1cc(F)c(C)cc1F. The summed E-state index contributed by atoms with van der Waals surface area (Å²) in [7, 11) is 0. The molecule has 0 spiro atoms. The summed E-state index contributed by atoms with van der Waals surface area (Å²) in [6.07, 6.45) is -0.849. The number of rotatable bonds is 5. The van der Waals surface area contributed by atoms with E-state index < -0.39 is 41.2 Å². The average molecular weight is 270 g/mol. The lowest BCUT2D eigenvalue weighted by atomic mass is 10.0. The normalized spacial score (nSPS) is 10.1. The third kappa shape index (κ3) is 3.67. The van der Waals surface area contributed by atoms with Crippen molar-refractivity contribution in [2.24, 2.45) is 0 Å². The first-order valence-corrected chi connectivity index (χ1v) is 5.55. The molecule has 0 saturated heterocycles. The predicted molar refractivity (Wildman–Crippen MR) is 61.7 cm³/mol. The quantitative estimate of drug-likeness (QED) is 0.355. The van der Waals surface area contributed by atoms with Crippen molar-refractivity contribution in [1.29, 1.82) is 0 Å². The molecule has 1 aromatic carbocycles. The number of esters is 1. The van der Waals surface area contributed by atoms with Gasteiger partial charge in [-0.2, -0.15) is 0 Å². The average Bonchev–Trinajstić information content (AvgIpc) is 2.33. The molecule has 0 heterocycles. The van der Waals surface area contributed by atoms with E-state index in [4.69, 9.17) is 0 Å². The van der Waals surface area contributed by atoms with E-state index in [0.29, 0.717) is 6.07 Å². The molecule has 0 saturated carbocycles. The molecule has 0 aliphatic carbocycles. The van der Waals surface area contributed by atoms with Gasteiger partial charge in [-0.15, -0.1) is 0 Å². The Hall–Kier alpha value is -2.11. The Balaban J connectivity index is 2.87.